The molecular formula is C45H87NO5S. The molecule has 7 heteroatoms. The number of nitrogens with one attached hydrogen (secondary N) is 1. The van der Waals surface area contributed by atoms with Gasteiger partial charge in [0.05, 0.1) is 17.9 Å². The number of hydrogen-bond acceptors (Lipinski definition) is 4. The van der Waals surface area contributed by atoms with Crippen LogP contribution in [0.5, 0.6) is 0 Å². The fourth-order valence-corrected chi connectivity index (χ4v) is 7.77. The number of aliphatic hydroxyl groups excluding tert-OH is 1. The number of carbonyl (C=O) groups excluding carboxylic acids is 1. The average Bonchev–Trinajstić information content (AvgIpc) is 3.11. The first-order valence-corrected chi connectivity index (χ1v) is 24.1. The van der Waals surface area contributed by atoms with Gasteiger partial charge in [-0.1, -0.05) is 212 Å². The maximum atomic E-state index is 12.6. The fourth-order valence-electron chi connectivity index (χ4n) is 7.02. The second kappa shape index (κ2) is 39.5. The molecular weight excluding hydrogens is 667 g/mol. The van der Waals surface area contributed by atoms with E-state index >= 15 is 0 Å². The molecule has 0 aromatic heterocycles. The summed E-state index contributed by atoms with van der Waals surface area (Å²) in [6.45, 7) is 4.51. The molecule has 308 valence electrons. The fraction of sp³-hybridized carbons (Fsp3) is 0.889. The lowest BCUT2D eigenvalue weighted by Gasteiger charge is -2.23. The molecule has 0 saturated heterocycles. The zero-order chi connectivity index (χ0) is 38.2. The Hall–Kier alpha value is -1.18. The summed E-state index contributed by atoms with van der Waals surface area (Å²) in [5.41, 5.74) is 0. The molecule has 0 aliphatic rings. The molecule has 2 unspecified atom stereocenters. The number of rotatable bonds is 41. The Bertz CT molecular complexity index is 919. The molecule has 0 rings (SSSR count). The summed E-state index contributed by atoms with van der Waals surface area (Å²) in [5, 5.41) is 13.4. The lowest BCUT2D eigenvalue weighted by atomic mass is 10.0. The molecule has 0 fully saturated rings. The highest BCUT2D eigenvalue weighted by molar-refractivity contribution is 7.85. The Morgan fingerprint density at radius 2 is 0.865 bits per heavy atom. The second-order valence-electron chi connectivity index (χ2n) is 15.7. The molecule has 0 radical (unpaired) electrons. The van der Waals surface area contributed by atoms with Gasteiger partial charge in [-0.25, -0.2) is 0 Å². The lowest BCUT2D eigenvalue weighted by molar-refractivity contribution is -0.122. The summed E-state index contributed by atoms with van der Waals surface area (Å²) in [4.78, 5) is 12.6. The molecule has 0 heterocycles. The van der Waals surface area contributed by atoms with E-state index in [1.165, 1.54) is 167 Å². The smallest absolute Gasteiger partial charge is 0.266 e. The zero-order valence-corrected chi connectivity index (χ0v) is 35.3. The highest BCUT2D eigenvalue weighted by Crippen LogP contribution is 2.16. The van der Waals surface area contributed by atoms with Gasteiger partial charge in [-0.05, 0) is 44.9 Å². The van der Waals surface area contributed by atoms with Crippen molar-refractivity contribution in [1.82, 2.24) is 5.32 Å². The van der Waals surface area contributed by atoms with Crippen molar-refractivity contribution in [1.29, 1.82) is 0 Å². The maximum absolute atomic E-state index is 12.6. The van der Waals surface area contributed by atoms with E-state index in [1.807, 2.05) is 0 Å². The monoisotopic (exact) mass is 754 g/mol. The highest BCUT2D eigenvalue weighted by atomic mass is 32.2. The van der Waals surface area contributed by atoms with E-state index in [-0.39, 0.29) is 5.91 Å². The van der Waals surface area contributed by atoms with Crippen LogP contribution < -0.4 is 5.32 Å². The minimum absolute atomic E-state index is 0.248. The molecule has 0 aromatic carbocycles. The number of amides is 1. The average molecular weight is 754 g/mol. The Kier molecular flexibility index (Phi) is 38.6. The first-order chi connectivity index (χ1) is 25.3. The van der Waals surface area contributed by atoms with Gasteiger partial charge in [0.2, 0.25) is 5.91 Å². The van der Waals surface area contributed by atoms with Crippen molar-refractivity contribution in [3.05, 3.63) is 24.3 Å². The normalized spacial score (nSPS) is 13.4. The summed E-state index contributed by atoms with van der Waals surface area (Å²) in [6, 6.07) is -0.971. The van der Waals surface area contributed by atoms with Gasteiger partial charge in [-0.15, -0.1) is 0 Å². The molecule has 52 heavy (non-hydrogen) atoms. The quantitative estimate of drug-likeness (QED) is 0.0328. The molecule has 3 N–H and O–H groups in total. The van der Waals surface area contributed by atoms with Crippen LogP contribution in [0.2, 0.25) is 0 Å². The third-order valence-corrected chi connectivity index (χ3v) is 11.2. The van der Waals surface area contributed by atoms with Gasteiger partial charge in [-0.3, -0.25) is 9.35 Å². The molecule has 2 atom stereocenters. The van der Waals surface area contributed by atoms with Gasteiger partial charge in [-0.2, -0.15) is 8.42 Å². The van der Waals surface area contributed by atoms with E-state index in [0.717, 1.165) is 44.9 Å². The standard InChI is InChI=1S/C45H87NO5S/c1-3-5-7-9-11-13-15-17-19-21-23-25-27-29-31-33-35-37-39-41-45(48)46-43(42-52(49,50)51)44(47)40-38-36-34-32-30-28-26-24-22-20-18-16-14-12-10-8-6-4-2/h11,13,17,19,43-44,47H,3-10,12,14-16,18,20-42H2,1-2H3,(H,46,48)(H,49,50,51)/b13-11-,19-17-. The summed E-state index contributed by atoms with van der Waals surface area (Å²) in [6.07, 6.45) is 49.8. The van der Waals surface area contributed by atoms with Crippen molar-refractivity contribution in [2.45, 2.75) is 251 Å². The van der Waals surface area contributed by atoms with E-state index in [0.29, 0.717) is 12.8 Å². The molecule has 0 aliphatic carbocycles. The number of unbranched alkanes of at least 4 members (excludes halogenated alkanes) is 29. The van der Waals surface area contributed by atoms with Crippen molar-refractivity contribution >= 4 is 16.0 Å². The molecule has 0 saturated carbocycles. The van der Waals surface area contributed by atoms with Gasteiger partial charge < -0.3 is 10.4 Å². The second-order valence-corrected chi connectivity index (χ2v) is 17.2. The van der Waals surface area contributed by atoms with Crippen LogP contribution in [0.15, 0.2) is 24.3 Å². The molecule has 0 aliphatic heterocycles. The van der Waals surface area contributed by atoms with E-state index < -0.39 is 28.0 Å². The Morgan fingerprint density at radius 3 is 1.29 bits per heavy atom. The summed E-state index contributed by atoms with van der Waals surface area (Å²) in [5.74, 6) is -0.895. The molecule has 0 aromatic rings. The largest absolute Gasteiger partial charge is 0.391 e. The lowest BCUT2D eigenvalue weighted by Crippen LogP contribution is -2.47. The first kappa shape index (κ1) is 50.8. The van der Waals surface area contributed by atoms with Gasteiger partial charge >= 0.3 is 0 Å². The predicted octanol–water partition coefficient (Wildman–Crippen LogP) is 13.5. The van der Waals surface area contributed by atoms with Crippen molar-refractivity contribution in [3.63, 3.8) is 0 Å². The van der Waals surface area contributed by atoms with E-state index in [4.69, 9.17) is 0 Å². The van der Waals surface area contributed by atoms with Crippen molar-refractivity contribution in [2.75, 3.05) is 5.75 Å². The zero-order valence-electron chi connectivity index (χ0n) is 34.4. The van der Waals surface area contributed by atoms with Crippen LogP contribution in [0.4, 0.5) is 0 Å². The Morgan fingerprint density at radius 1 is 0.519 bits per heavy atom. The SMILES string of the molecule is CCCCC/C=C\C/C=C\CCCCCCCCCCCC(=O)NC(CS(=O)(=O)O)C(O)CCCCCCCCCCCCCCCCCCCC. The van der Waals surface area contributed by atoms with Crippen molar-refractivity contribution in [2.24, 2.45) is 0 Å². The third-order valence-electron chi connectivity index (χ3n) is 10.4. The van der Waals surface area contributed by atoms with Crippen LogP contribution in [0.3, 0.4) is 0 Å². The molecule has 6 nitrogen and oxygen atoms in total. The third kappa shape index (κ3) is 40.0. The minimum Gasteiger partial charge on any atom is -0.391 e. The Labute approximate surface area is 324 Å². The van der Waals surface area contributed by atoms with Crippen LogP contribution in [0.25, 0.3) is 0 Å². The molecule has 0 spiro atoms. The van der Waals surface area contributed by atoms with Crippen LogP contribution in [0.1, 0.15) is 239 Å². The van der Waals surface area contributed by atoms with E-state index in [2.05, 4.69) is 43.5 Å². The van der Waals surface area contributed by atoms with Crippen molar-refractivity contribution < 1.29 is 22.9 Å². The van der Waals surface area contributed by atoms with Crippen LogP contribution in [0, 0.1) is 0 Å². The van der Waals surface area contributed by atoms with Gasteiger partial charge in [0.1, 0.15) is 0 Å². The van der Waals surface area contributed by atoms with Gasteiger partial charge in [0.15, 0.2) is 0 Å². The van der Waals surface area contributed by atoms with Gasteiger partial charge in [0.25, 0.3) is 10.1 Å². The number of aliphatic hydroxyl groups is 1. The van der Waals surface area contributed by atoms with Crippen molar-refractivity contribution in [3.8, 4) is 0 Å². The summed E-state index contributed by atoms with van der Waals surface area (Å²) in [7, 11) is -4.31. The Balaban J connectivity index is 3.81. The minimum atomic E-state index is -4.31. The first-order valence-electron chi connectivity index (χ1n) is 22.5. The number of allylic oxidation sites excluding steroid dienone is 4. The van der Waals surface area contributed by atoms with E-state index in [1.54, 1.807) is 0 Å². The summed E-state index contributed by atoms with van der Waals surface area (Å²) < 4.78 is 32.6. The number of carbonyl (C=O) groups is 1. The number of hydrogen-bond donors (Lipinski definition) is 3. The maximum Gasteiger partial charge on any atom is 0.266 e. The summed E-state index contributed by atoms with van der Waals surface area (Å²) >= 11 is 0. The topological polar surface area (TPSA) is 104 Å². The predicted molar refractivity (Wildman–Crippen MR) is 226 cm³/mol. The van der Waals surface area contributed by atoms with Crippen LogP contribution >= 0.6 is 0 Å². The van der Waals surface area contributed by atoms with E-state index in [9.17, 15) is 22.9 Å². The van der Waals surface area contributed by atoms with Crippen LogP contribution in [-0.4, -0.2) is 41.9 Å². The highest BCUT2D eigenvalue weighted by Gasteiger charge is 2.26. The molecule has 0 bridgehead atoms. The molecule has 1 amide bonds. The van der Waals surface area contributed by atoms with Gasteiger partial charge in [0, 0.05) is 6.42 Å². The van der Waals surface area contributed by atoms with Crippen LogP contribution in [-0.2, 0) is 14.9 Å².